The van der Waals surface area contributed by atoms with Crippen LogP contribution in [0.25, 0.3) is 0 Å². The van der Waals surface area contributed by atoms with Gasteiger partial charge in [-0.2, -0.15) is 0 Å². The van der Waals surface area contributed by atoms with Gasteiger partial charge >= 0.3 is 5.97 Å². The lowest BCUT2D eigenvalue weighted by Crippen LogP contribution is -2.26. The number of nitrogens with one attached hydrogen (secondary N) is 2. The summed E-state index contributed by atoms with van der Waals surface area (Å²) >= 11 is 0. The van der Waals surface area contributed by atoms with Crippen LogP contribution in [0.4, 0.5) is 5.69 Å². The lowest BCUT2D eigenvalue weighted by atomic mass is 10.1. The standard InChI is InChI=1S/C18H27N3O2/c1-3-4-5-6-7-14(2)23-17(22)15-8-10-16(11-9-15)21-18-19-12-13-20-18/h8-11,14H,3-7,12-13H2,1-2H3,(H2,19,20,21). The molecular weight excluding hydrogens is 290 g/mol. The van der Waals surface area contributed by atoms with Crippen LogP contribution >= 0.6 is 0 Å². The fourth-order valence-electron chi connectivity index (χ4n) is 2.48. The Kier molecular flexibility index (Phi) is 6.91. The first-order valence-electron chi connectivity index (χ1n) is 8.55. The summed E-state index contributed by atoms with van der Waals surface area (Å²) < 4.78 is 5.49. The molecule has 1 heterocycles. The second kappa shape index (κ2) is 9.18. The minimum atomic E-state index is -0.254. The molecule has 1 aromatic carbocycles. The first-order valence-corrected chi connectivity index (χ1v) is 8.55. The van der Waals surface area contributed by atoms with Gasteiger partial charge in [0.25, 0.3) is 0 Å². The van der Waals surface area contributed by atoms with Gasteiger partial charge in [0.05, 0.1) is 18.2 Å². The van der Waals surface area contributed by atoms with Crippen LogP contribution in [0.5, 0.6) is 0 Å². The van der Waals surface area contributed by atoms with E-state index in [0.717, 1.165) is 37.6 Å². The van der Waals surface area contributed by atoms with Crippen molar-refractivity contribution >= 4 is 17.6 Å². The predicted octanol–water partition coefficient (Wildman–Crippen LogP) is 3.57. The number of ether oxygens (including phenoxy) is 1. The minimum Gasteiger partial charge on any atom is -0.459 e. The van der Waals surface area contributed by atoms with Crippen molar-refractivity contribution in [1.82, 2.24) is 5.32 Å². The molecule has 126 valence electrons. The topological polar surface area (TPSA) is 62.7 Å². The Bertz CT molecular complexity index is 526. The Morgan fingerprint density at radius 1 is 1.30 bits per heavy atom. The molecule has 1 aromatic rings. The molecule has 5 nitrogen and oxygen atoms in total. The van der Waals surface area contributed by atoms with Crippen LogP contribution < -0.4 is 10.6 Å². The van der Waals surface area contributed by atoms with E-state index in [1.54, 1.807) is 12.1 Å². The molecule has 0 radical (unpaired) electrons. The highest BCUT2D eigenvalue weighted by molar-refractivity contribution is 5.95. The highest BCUT2D eigenvalue weighted by Crippen LogP contribution is 2.14. The smallest absolute Gasteiger partial charge is 0.338 e. The van der Waals surface area contributed by atoms with E-state index in [-0.39, 0.29) is 12.1 Å². The predicted molar refractivity (Wildman–Crippen MR) is 94.0 cm³/mol. The van der Waals surface area contributed by atoms with Gasteiger partial charge in [0.2, 0.25) is 0 Å². The molecule has 0 amide bonds. The number of rotatable bonds is 8. The molecule has 2 rings (SSSR count). The summed E-state index contributed by atoms with van der Waals surface area (Å²) in [6, 6.07) is 7.30. The molecule has 1 unspecified atom stereocenters. The van der Waals surface area contributed by atoms with Crippen molar-refractivity contribution in [3.63, 3.8) is 0 Å². The number of carbonyl (C=O) groups is 1. The highest BCUT2D eigenvalue weighted by atomic mass is 16.5. The van der Waals surface area contributed by atoms with E-state index >= 15 is 0 Å². The zero-order valence-electron chi connectivity index (χ0n) is 14.1. The van der Waals surface area contributed by atoms with E-state index in [2.05, 4.69) is 22.5 Å². The van der Waals surface area contributed by atoms with Gasteiger partial charge in [-0.1, -0.05) is 26.2 Å². The summed E-state index contributed by atoms with van der Waals surface area (Å²) in [5.41, 5.74) is 1.49. The van der Waals surface area contributed by atoms with E-state index in [1.807, 2.05) is 19.1 Å². The van der Waals surface area contributed by atoms with Gasteiger partial charge in [-0.25, -0.2) is 4.79 Å². The monoisotopic (exact) mass is 317 g/mol. The fraction of sp³-hybridized carbons (Fsp3) is 0.556. The van der Waals surface area contributed by atoms with Crippen LogP contribution in [0, 0.1) is 0 Å². The molecule has 0 saturated heterocycles. The number of nitrogens with zero attached hydrogens (tertiary/aromatic N) is 1. The van der Waals surface area contributed by atoms with E-state index in [9.17, 15) is 4.79 Å². The first kappa shape index (κ1) is 17.3. The first-order chi connectivity index (χ1) is 11.2. The molecular formula is C18H27N3O2. The van der Waals surface area contributed by atoms with Gasteiger partial charge in [0.15, 0.2) is 5.96 Å². The maximum Gasteiger partial charge on any atom is 0.338 e. The van der Waals surface area contributed by atoms with Crippen LogP contribution in [0.1, 0.15) is 56.3 Å². The molecule has 0 fully saturated rings. The summed E-state index contributed by atoms with van der Waals surface area (Å²) in [6.07, 6.45) is 5.67. The van der Waals surface area contributed by atoms with E-state index in [4.69, 9.17) is 4.74 Å². The number of esters is 1. The van der Waals surface area contributed by atoms with Crippen LogP contribution in [-0.4, -0.2) is 31.1 Å². The maximum atomic E-state index is 12.1. The molecule has 0 spiro atoms. The SMILES string of the molecule is CCCCCCC(C)OC(=O)c1ccc(NC2=NCCN2)cc1. The van der Waals surface area contributed by atoms with E-state index in [1.165, 1.54) is 19.3 Å². The molecule has 1 atom stereocenters. The zero-order valence-corrected chi connectivity index (χ0v) is 14.1. The number of hydrogen-bond acceptors (Lipinski definition) is 5. The van der Waals surface area contributed by atoms with Crippen LogP contribution in [-0.2, 0) is 4.74 Å². The van der Waals surface area contributed by atoms with Crippen molar-refractivity contribution in [2.45, 2.75) is 52.1 Å². The Labute approximate surface area is 138 Å². The van der Waals surface area contributed by atoms with E-state index < -0.39 is 0 Å². The molecule has 1 aliphatic rings. The molecule has 1 aliphatic heterocycles. The Morgan fingerprint density at radius 3 is 2.74 bits per heavy atom. The summed E-state index contributed by atoms with van der Waals surface area (Å²) in [6.45, 7) is 5.81. The number of benzene rings is 1. The average molecular weight is 317 g/mol. The Hall–Kier alpha value is -2.04. The number of anilines is 1. The minimum absolute atomic E-state index is 0.0331. The van der Waals surface area contributed by atoms with Gasteiger partial charge in [0.1, 0.15) is 0 Å². The molecule has 0 bridgehead atoms. The summed E-state index contributed by atoms with van der Waals surface area (Å²) in [5, 5.41) is 6.32. The molecule has 2 N–H and O–H groups in total. The molecule has 0 aromatic heterocycles. The molecule has 0 saturated carbocycles. The molecule has 0 aliphatic carbocycles. The lowest BCUT2D eigenvalue weighted by Gasteiger charge is -2.13. The molecule has 23 heavy (non-hydrogen) atoms. The summed E-state index contributed by atoms with van der Waals surface area (Å²) in [5.74, 6) is 0.525. The van der Waals surface area contributed by atoms with Crippen LogP contribution in [0.2, 0.25) is 0 Å². The summed E-state index contributed by atoms with van der Waals surface area (Å²) in [4.78, 5) is 16.4. The zero-order chi connectivity index (χ0) is 16.5. The maximum absolute atomic E-state index is 12.1. The Morgan fingerprint density at radius 2 is 2.09 bits per heavy atom. The fourth-order valence-corrected chi connectivity index (χ4v) is 2.48. The highest BCUT2D eigenvalue weighted by Gasteiger charge is 2.12. The second-order valence-electron chi connectivity index (χ2n) is 5.92. The van der Waals surface area contributed by atoms with Crippen molar-refractivity contribution in [1.29, 1.82) is 0 Å². The van der Waals surface area contributed by atoms with Gasteiger partial charge in [-0.15, -0.1) is 0 Å². The summed E-state index contributed by atoms with van der Waals surface area (Å²) in [7, 11) is 0. The van der Waals surface area contributed by atoms with Gasteiger partial charge in [-0.3, -0.25) is 4.99 Å². The largest absolute Gasteiger partial charge is 0.459 e. The third-order valence-corrected chi connectivity index (χ3v) is 3.83. The van der Waals surface area contributed by atoms with Crippen molar-refractivity contribution < 1.29 is 9.53 Å². The third kappa shape index (κ3) is 5.93. The van der Waals surface area contributed by atoms with Crippen molar-refractivity contribution in [2.75, 3.05) is 18.4 Å². The number of unbranched alkanes of at least 4 members (excludes halogenated alkanes) is 3. The average Bonchev–Trinajstić information content (AvgIpc) is 3.05. The number of guanidine groups is 1. The molecule has 5 heteroatoms. The van der Waals surface area contributed by atoms with Gasteiger partial charge in [-0.05, 0) is 44.0 Å². The van der Waals surface area contributed by atoms with Gasteiger partial charge < -0.3 is 15.4 Å². The van der Waals surface area contributed by atoms with Crippen LogP contribution in [0.15, 0.2) is 29.3 Å². The van der Waals surface area contributed by atoms with E-state index in [0.29, 0.717) is 5.56 Å². The van der Waals surface area contributed by atoms with Crippen molar-refractivity contribution in [2.24, 2.45) is 4.99 Å². The normalized spacial score (nSPS) is 14.8. The Balaban J connectivity index is 1.77. The van der Waals surface area contributed by atoms with Crippen molar-refractivity contribution in [3.05, 3.63) is 29.8 Å². The van der Waals surface area contributed by atoms with Crippen molar-refractivity contribution in [3.8, 4) is 0 Å². The lowest BCUT2D eigenvalue weighted by molar-refractivity contribution is 0.0319. The number of hydrogen-bond donors (Lipinski definition) is 2. The quantitative estimate of drug-likeness (QED) is 0.568. The van der Waals surface area contributed by atoms with Gasteiger partial charge in [0, 0.05) is 12.2 Å². The number of aliphatic imine (C=N–C) groups is 1. The number of carbonyl (C=O) groups excluding carboxylic acids is 1. The third-order valence-electron chi connectivity index (χ3n) is 3.83. The second-order valence-corrected chi connectivity index (χ2v) is 5.92. The van der Waals surface area contributed by atoms with Crippen LogP contribution in [0.3, 0.4) is 0 Å².